The molecule has 1 amide bonds. The Morgan fingerprint density at radius 2 is 2.10 bits per heavy atom. The number of hydrogen-bond donors (Lipinski definition) is 1. The van der Waals surface area contributed by atoms with E-state index in [0.717, 1.165) is 24.3 Å². The van der Waals surface area contributed by atoms with Crippen LogP contribution in [0.15, 0.2) is 24.3 Å². The average molecular weight is 278 g/mol. The van der Waals surface area contributed by atoms with Gasteiger partial charge in [-0.1, -0.05) is 32.4 Å². The molecule has 1 unspecified atom stereocenters. The molecule has 112 valence electrons. The summed E-state index contributed by atoms with van der Waals surface area (Å²) in [7, 11) is 1.62. The average Bonchev–Trinajstić information content (AvgIpc) is 2.47. The van der Waals surface area contributed by atoms with Gasteiger partial charge in [0.1, 0.15) is 5.75 Å². The first-order valence-electron chi connectivity index (χ1n) is 7.27. The lowest BCUT2D eigenvalue weighted by Crippen LogP contribution is -2.34. The topological polar surface area (TPSA) is 55.6 Å². The summed E-state index contributed by atoms with van der Waals surface area (Å²) < 4.78 is 5.36. The number of rotatable bonds is 8. The monoisotopic (exact) mass is 278 g/mol. The summed E-state index contributed by atoms with van der Waals surface area (Å²) in [6.45, 7) is 5.40. The van der Waals surface area contributed by atoms with Gasteiger partial charge in [0.15, 0.2) is 0 Å². The summed E-state index contributed by atoms with van der Waals surface area (Å²) >= 11 is 0. The molecule has 0 radical (unpaired) electrons. The number of nitrogens with two attached hydrogens (primary N) is 1. The van der Waals surface area contributed by atoms with Gasteiger partial charge in [-0.15, -0.1) is 0 Å². The van der Waals surface area contributed by atoms with Crippen LogP contribution in [0, 0.1) is 5.92 Å². The van der Waals surface area contributed by atoms with Gasteiger partial charge < -0.3 is 15.4 Å². The maximum atomic E-state index is 12.5. The molecule has 0 aromatic heterocycles. The zero-order valence-electron chi connectivity index (χ0n) is 12.8. The van der Waals surface area contributed by atoms with Crippen molar-refractivity contribution in [3.8, 4) is 5.75 Å². The van der Waals surface area contributed by atoms with Crippen molar-refractivity contribution in [3.05, 3.63) is 24.3 Å². The fourth-order valence-electron chi connectivity index (χ4n) is 2.03. The largest absolute Gasteiger partial charge is 0.495 e. The number of methoxy groups -OCH3 is 1. The number of nitrogens with zero attached hydrogens (tertiary/aromatic N) is 1. The first kappa shape index (κ1) is 16.5. The minimum atomic E-state index is 0.136. The third-order valence-electron chi connectivity index (χ3n) is 3.48. The van der Waals surface area contributed by atoms with Crippen LogP contribution in [0.25, 0.3) is 0 Å². The van der Waals surface area contributed by atoms with Gasteiger partial charge in [-0.2, -0.15) is 0 Å². The highest BCUT2D eigenvalue weighted by molar-refractivity contribution is 5.94. The minimum absolute atomic E-state index is 0.136. The second-order valence-corrected chi connectivity index (χ2v) is 5.08. The van der Waals surface area contributed by atoms with Crippen LogP contribution in [0.1, 0.15) is 33.1 Å². The fourth-order valence-corrected chi connectivity index (χ4v) is 2.03. The molecule has 1 atom stereocenters. The van der Waals surface area contributed by atoms with Crippen molar-refractivity contribution in [1.29, 1.82) is 0 Å². The fraction of sp³-hybridized carbons (Fsp3) is 0.562. The predicted octanol–water partition coefficient (Wildman–Crippen LogP) is 2.81. The highest BCUT2D eigenvalue weighted by atomic mass is 16.5. The summed E-state index contributed by atoms with van der Waals surface area (Å²) in [5.41, 5.74) is 6.41. The van der Waals surface area contributed by atoms with Crippen molar-refractivity contribution in [2.45, 2.75) is 33.1 Å². The van der Waals surface area contributed by atoms with Crippen molar-refractivity contribution in [3.63, 3.8) is 0 Å². The SMILES string of the molecule is CCC(C)CC(=O)N(CCCN)c1ccccc1OC. The molecule has 0 aliphatic rings. The Hall–Kier alpha value is -1.55. The van der Waals surface area contributed by atoms with Gasteiger partial charge in [0.25, 0.3) is 0 Å². The van der Waals surface area contributed by atoms with E-state index in [1.165, 1.54) is 0 Å². The van der Waals surface area contributed by atoms with Gasteiger partial charge in [0.05, 0.1) is 12.8 Å². The van der Waals surface area contributed by atoms with Crippen molar-refractivity contribution < 1.29 is 9.53 Å². The first-order chi connectivity index (χ1) is 9.63. The second kappa shape index (κ2) is 8.59. The van der Waals surface area contributed by atoms with Crippen LogP contribution in [0.5, 0.6) is 5.75 Å². The van der Waals surface area contributed by atoms with E-state index in [-0.39, 0.29) is 5.91 Å². The third kappa shape index (κ3) is 4.53. The molecule has 0 fully saturated rings. The maximum Gasteiger partial charge on any atom is 0.227 e. The highest BCUT2D eigenvalue weighted by Crippen LogP contribution is 2.29. The quantitative estimate of drug-likeness (QED) is 0.795. The molecular formula is C16H26N2O2. The van der Waals surface area contributed by atoms with E-state index < -0.39 is 0 Å². The summed E-state index contributed by atoms with van der Waals surface area (Å²) in [5.74, 6) is 1.25. The Labute approximate surface area is 121 Å². The van der Waals surface area contributed by atoms with Gasteiger partial charge >= 0.3 is 0 Å². The lowest BCUT2D eigenvalue weighted by Gasteiger charge is -2.25. The number of ether oxygens (including phenoxy) is 1. The Bertz CT molecular complexity index is 421. The van der Waals surface area contributed by atoms with Crippen molar-refractivity contribution in [2.24, 2.45) is 11.7 Å². The molecule has 1 aromatic carbocycles. The van der Waals surface area contributed by atoms with Gasteiger partial charge in [-0.05, 0) is 31.0 Å². The number of para-hydroxylation sites is 2. The standard InChI is InChI=1S/C16H26N2O2/c1-4-13(2)12-16(19)18(11-7-10-17)14-8-5-6-9-15(14)20-3/h5-6,8-9,13H,4,7,10-12,17H2,1-3H3. The van der Waals surface area contributed by atoms with E-state index in [9.17, 15) is 4.79 Å². The van der Waals surface area contributed by atoms with E-state index in [4.69, 9.17) is 10.5 Å². The van der Waals surface area contributed by atoms with Crippen LogP contribution in [0.2, 0.25) is 0 Å². The molecule has 0 heterocycles. The summed E-state index contributed by atoms with van der Waals surface area (Å²) in [6.07, 6.45) is 2.34. The molecule has 0 aliphatic carbocycles. The minimum Gasteiger partial charge on any atom is -0.495 e. The normalized spacial score (nSPS) is 12.0. The predicted molar refractivity (Wildman–Crippen MR) is 83.1 cm³/mol. The first-order valence-corrected chi connectivity index (χ1v) is 7.27. The van der Waals surface area contributed by atoms with E-state index in [1.807, 2.05) is 24.3 Å². The Kier molecular flexibility index (Phi) is 7.09. The lowest BCUT2D eigenvalue weighted by atomic mass is 10.0. The Morgan fingerprint density at radius 3 is 2.70 bits per heavy atom. The van der Waals surface area contributed by atoms with Crippen molar-refractivity contribution >= 4 is 11.6 Å². The van der Waals surface area contributed by atoms with E-state index in [1.54, 1.807) is 12.0 Å². The van der Waals surface area contributed by atoms with Gasteiger partial charge in [0.2, 0.25) is 5.91 Å². The lowest BCUT2D eigenvalue weighted by molar-refractivity contribution is -0.119. The van der Waals surface area contributed by atoms with Crippen LogP contribution < -0.4 is 15.4 Å². The molecule has 0 aliphatic heterocycles. The Morgan fingerprint density at radius 1 is 1.40 bits per heavy atom. The molecule has 0 bridgehead atoms. The molecule has 0 saturated carbocycles. The van der Waals surface area contributed by atoms with Crippen LogP contribution in [0.3, 0.4) is 0 Å². The van der Waals surface area contributed by atoms with E-state index >= 15 is 0 Å². The second-order valence-electron chi connectivity index (χ2n) is 5.08. The van der Waals surface area contributed by atoms with Crippen molar-refractivity contribution in [1.82, 2.24) is 0 Å². The van der Waals surface area contributed by atoms with Crippen LogP contribution >= 0.6 is 0 Å². The maximum absolute atomic E-state index is 12.5. The third-order valence-corrected chi connectivity index (χ3v) is 3.48. The van der Waals surface area contributed by atoms with Gasteiger partial charge in [-0.3, -0.25) is 4.79 Å². The van der Waals surface area contributed by atoms with Crippen LogP contribution in [0.4, 0.5) is 5.69 Å². The van der Waals surface area contributed by atoms with Crippen molar-refractivity contribution in [2.75, 3.05) is 25.1 Å². The number of hydrogen-bond acceptors (Lipinski definition) is 3. The summed E-state index contributed by atoms with van der Waals surface area (Å²) in [6, 6.07) is 7.62. The summed E-state index contributed by atoms with van der Waals surface area (Å²) in [4.78, 5) is 14.3. The molecule has 1 rings (SSSR count). The molecule has 4 heteroatoms. The highest BCUT2D eigenvalue weighted by Gasteiger charge is 2.20. The number of amides is 1. The zero-order valence-corrected chi connectivity index (χ0v) is 12.8. The van der Waals surface area contributed by atoms with Crippen LogP contribution in [-0.2, 0) is 4.79 Å². The van der Waals surface area contributed by atoms with Gasteiger partial charge in [-0.25, -0.2) is 0 Å². The molecule has 0 saturated heterocycles. The smallest absolute Gasteiger partial charge is 0.227 e. The molecule has 1 aromatic rings. The zero-order chi connectivity index (χ0) is 15.0. The molecule has 20 heavy (non-hydrogen) atoms. The molecule has 2 N–H and O–H groups in total. The van der Waals surface area contributed by atoms with E-state index in [2.05, 4.69) is 13.8 Å². The van der Waals surface area contributed by atoms with Crippen LogP contribution in [-0.4, -0.2) is 26.1 Å². The molecule has 0 spiro atoms. The summed E-state index contributed by atoms with van der Waals surface area (Å²) in [5, 5.41) is 0. The molecule has 4 nitrogen and oxygen atoms in total. The van der Waals surface area contributed by atoms with Gasteiger partial charge in [0, 0.05) is 13.0 Å². The number of carbonyl (C=O) groups excluding carboxylic acids is 1. The Balaban J connectivity index is 2.95. The number of carbonyl (C=O) groups is 1. The number of anilines is 1. The number of benzene rings is 1. The molecular weight excluding hydrogens is 252 g/mol. The van der Waals surface area contributed by atoms with E-state index in [0.29, 0.717) is 25.4 Å².